The van der Waals surface area contributed by atoms with Crippen LogP contribution in [0.1, 0.15) is 11.1 Å². The summed E-state index contributed by atoms with van der Waals surface area (Å²) in [6, 6.07) is 14.6. The van der Waals surface area contributed by atoms with Gasteiger partial charge >= 0.3 is 0 Å². The molecule has 0 fully saturated rings. The zero-order valence-electron chi connectivity index (χ0n) is 14.1. The Morgan fingerprint density at radius 1 is 0.615 bits per heavy atom. The molecule has 130 valence electrons. The third kappa shape index (κ3) is 3.09. The molecule has 0 aliphatic carbocycles. The van der Waals surface area contributed by atoms with Gasteiger partial charge in [0.1, 0.15) is 11.5 Å². The molecule has 4 rings (SSSR count). The molecule has 2 aromatic carbocycles. The van der Waals surface area contributed by atoms with E-state index in [0.29, 0.717) is 0 Å². The summed E-state index contributed by atoms with van der Waals surface area (Å²) in [7, 11) is 0. The molecule has 4 heteroatoms. The van der Waals surface area contributed by atoms with Crippen LogP contribution < -0.4 is 10.6 Å². The Morgan fingerprint density at radius 2 is 1.04 bits per heavy atom. The summed E-state index contributed by atoms with van der Waals surface area (Å²) in [6.45, 7) is 0. The number of hydrogen-bond acceptors (Lipinski definition) is 4. The van der Waals surface area contributed by atoms with Gasteiger partial charge < -0.3 is 20.8 Å². The van der Waals surface area contributed by atoms with Crippen molar-refractivity contribution in [2.24, 2.45) is 0 Å². The molecule has 2 heterocycles. The van der Waals surface area contributed by atoms with Crippen molar-refractivity contribution >= 4 is 11.4 Å². The number of allylic oxidation sites excluding steroid dienone is 4. The third-order valence-corrected chi connectivity index (χ3v) is 4.58. The summed E-state index contributed by atoms with van der Waals surface area (Å²) < 4.78 is 0. The molecule has 2 aliphatic heterocycles. The van der Waals surface area contributed by atoms with Crippen molar-refractivity contribution < 1.29 is 10.2 Å². The van der Waals surface area contributed by atoms with Gasteiger partial charge in [0.25, 0.3) is 0 Å². The molecule has 0 radical (unpaired) electrons. The fraction of sp³-hybridized carbons (Fsp3) is 0.0909. The average Bonchev–Trinajstić information content (AvgIpc) is 2.69. The lowest BCUT2D eigenvalue weighted by molar-refractivity contribution is 0.470. The maximum Gasteiger partial charge on any atom is 0.124 e. The number of nitrogens with one attached hydrogen (secondary N) is 2. The Morgan fingerprint density at radius 3 is 1.46 bits per heavy atom. The molecule has 4 N–H and O–H groups in total. The second kappa shape index (κ2) is 6.84. The van der Waals surface area contributed by atoms with Crippen molar-refractivity contribution in [2.45, 2.75) is 12.1 Å². The molecular weight excluding hydrogens is 324 g/mol. The summed E-state index contributed by atoms with van der Waals surface area (Å²) >= 11 is 0. The predicted octanol–water partition coefficient (Wildman–Crippen LogP) is 3.54. The van der Waals surface area contributed by atoms with Crippen molar-refractivity contribution in [3.63, 3.8) is 0 Å². The summed E-state index contributed by atoms with van der Waals surface area (Å²) in [5, 5.41) is 27.2. The van der Waals surface area contributed by atoms with Gasteiger partial charge in [0.15, 0.2) is 0 Å². The second-order valence-corrected chi connectivity index (χ2v) is 6.31. The zero-order valence-corrected chi connectivity index (χ0v) is 14.1. The second-order valence-electron chi connectivity index (χ2n) is 6.31. The molecule has 0 saturated heterocycles. The summed E-state index contributed by atoms with van der Waals surface area (Å²) in [5.41, 5.74) is 3.31. The molecule has 0 aromatic heterocycles. The Hall–Kier alpha value is -3.40. The molecule has 2 aromatic rings. The van der Waals surface area contributed by atoms with E-state index in [1.165, 1.54) is 0 Å². The molecule has 0 saturated carbocycles. The van der Waals surface area contributed by atoms with E-state index < -0.39 is 0 Å². The van der Waals surface area contributed by atoms with Gasteiger partial charge in [-0.2, -0.15) is 0 Å². The van der Waals surface area contributed by atoms with Gasteiger partial charge in [-0.3, -0.25) is 0 Å². The summed E-state index contributed by atoms with van der Waals surface area (Å²) in [5.74, 6) is 0.504. The largest absolute Gasteiger partial charge is 0.507 e. The SMILES string of the molecule is Oc1ccccc1C1=CC=CC(C2C=CC=C(c3ccccc3O)N2)N1. The van der Waals surface area contributed by atoms with Crippen LogP contribution in [0.5, 0.6) is 11.5 Å². The lowest BCUT2D eigenvalue weighted by Crippen LogP contribution is -2.46. The molecule has 0 bridgehead atoms. The van der Waals surface area contributed by atoms with Crippen LogP contribution in [0.3, 0.4) is 0 Å². The Balaban J connectivity index is 1.53. The van der Waals surface area contributed by atoms with E-state index in [2.05, 4.69) is 22.8 Å². The standard InChI is InChI=1S/C22H20N2O2/c25-21-13-3-1-7-15(21)17-9-5-11-19(23-17)20-12-6-10-18(24-20)16-8-2-4-14-22(16)26/h1-14,19-20,23-26H. The van der Waals surface area contributed by atoms with Gasteiger partial charge in [-0.15, -0.1) is 0 Å². The van der Waals surface area contributed by atoms with Gasteiger partial charge in [-0.25, -0.2) is 0 Å². The summed E-state index contributed by atoms with van der Waals surface area (Å²) in [6.07, 6.45) is 12.1. The first kappa shape index (κ1) is 16.1. The van der Waals surface area contributed by atoms with E-state index in [1.807, 2.05) is 60.7 Å². The molecule has 2 aliphatic rings. The highest BCUT2D eigenvalue weighted by Crippen LogP contribution is 2.28. The monoisotopic (exact) mass is 344 g/mol. The molecule has 0 amide bonds. The normalized spacial score (nSPS) is 21.4. The van der Waals surface area contributed by atoms with Crippen LogP contribution in [0.4, 0.5) is 0 Å². The van der Waals surface area contributed by atoms with Gasteiger partial charge in [0.05, 0.1) is 12.1 Å². The van der Waals surface area contributed by atoms with Crippen molar-refractivity contribution in [2.75, 3.05) is 0 Å². The van der Waals surface area contributed by atoms with E-state index in [-0.39, 0.29) is 23.6 Å². The van der Waals surface area contributed by atoms with Gasteiger partial charge in [0, 0.05) is 22.5 Å². The third-order valence-electron chi connectivity index (χ3n) is 4.58. The first-order valence-electron chi connectivity index (χ1n) is 8.59. The number of benzene rings is 2. The highest BCUT2D eigenvalue weighted by molar-refractivity contribution is 5.73. The van der Waals surface area contributed by atoms with E-state index in [0.717, 1.165) is 22.5 Å². The minimum Gasteiger partial charge on any atom is -0.507 e. The number of rotatable bonds is 3. The molecule has 2 unspecified atom stereocenters. The maximum absolute atomic E-state index is 10.1. The zero-order chi connectivity index (χ0) is 17.9. The first-order valence-corrected chi connectivity index (χ1v) is 8.59. The number of phenolic OH excluding ortho intramolecular Hbond substituents is 2. The lowest BCUT2D eigenvalue weighted by Gasteiger charge is -2.31. The lowest BCUT2D eigenvalue weighted by atomic mass is 9.98. The quantitative estimate of drug-likeness (QED) is 0.688. The average molecular weight is 344 g/mol. The molecule has 26 heavy (non-hydrogen) atoms. The van der Waals surface area contributed by atoms with Crippen LogP contribution in [0.15, 0.2) is 85.0 Å². The highest BCUT2D eigenvalue weighted by atomic mass is 16.3. The minimum absolute atomic E-state index is 0.0143. The maximum atomic E-state index is 10.1. The van der Waals surface area contributed by atoms with Crippen molar-refractivity contribution in [3.05, 3.63) is 96.1 Å². The predicted molar refractivity (Wildman–Crippen MR) is 104 cm³/mol. The van der Waals surface area contributed by atoms with Crippen LogP contribution in [0.25, 0.3) is 11.4 Å². The van der Waals surface area contributed by atoms with Crippen LogP contribution >= 0.6 is 0 Å². The minimum atomic E-state index is 0.0143. The Kier molecular flexibility index (Phi) is 4.23. The number of hydrogen-bond donors (Lipinski definition) is 4. The topological polar surface area (TPSA) is 64.5 Å². The smallest absolute Gasteiger partial charge is 0.124 e. The number of para-hydroxylation sites is 2. The van der Waals surface area contributed by atoms with Crippen LogP contribution in [-0.2, 0) is 0 Å². The van der Waals surface area contributed by atoms with E-state index in [9.17, 15) is 10.2 Å². The van der Waals surface area contributed by atoms with E-state index in [4.69, 9.17) is 0 Å². The molecule has 0 spiro atoms. The first-order chi connectivity index (χ1) is 12.7. The van der Waals surface area contributed by atoms with Crippen molar-refractivity contribution in [1.82, 2.24) is 10.6 Å². The number of dihydropyridines is 2. The van der Waals surface area contributed by atoms with Crippen molar-refractivity contribution in [1.29, 1.82) is 0 Å². The van der Waals surface area contributed by atoms with Gasteiger partial charge in [-0.05, 0) is 36.4 Å². The molecule has 2 atom stereocenters. The van der Waals surface area contributed by atoms with Gasteiger partial charge in [0.2, 0.25) is 0 Å². The van der Waals surface area contributed by atoms with Gasteiger partial charge in [-0.1, -0.05) is 48.6 Å². The van der Waals surface area contributed by atoms with E-state index in [1.54, 1.807) is 12.1 Å². The number of aromatic hydroxyl groups is 2. The molecule has 4 nitrogen and oxygen atoms in total. The van der Waals surface area contributed by atoms with Crippen LogP contribution in [0.2, 0.25) is 0 Å². The highest BCUT2D eigenvalue weighted by Gasteiger charge is 2.23. The molecular formula is C22H20N2O2. The van der Waals surface area contributed by atoms with Crippen molar-refractivity contribution in [3.8, 4) is 11.5 Å². The van der Waals surface area contributed by atoms with Crippen LogP contribution in [-0.4, -0.2) is 22.3 Å². The fourth-order valence-electron chi connectivity index (χ4n) is 3.25. The Bertz CT molecular complexity index is 863. The number of phenols is 2. The Labute approximate surface area is 152 Å². The summed E-state index contributed by atoms with van der Waals surface area (Å²) in [4.78, 5) is 0. The van der Waals surface area contributed by atoms with E-state index >= 15 is 0 Å². The fourth-order valence-corrected chi connectivity index (χ4v) is 3.25. The van der Waals surface area contributed by atoms with Crippen LogP contribution in [0, 0.1) is 0 Å².